The van der Waals surface area contributed by atoms with Crippen LogP contribution in [0.1, 0.15) is 40.9 Å². The van der Waals surface area contributed by atoms with Gasteiger partial charge in [0.15, 0.2) is 11.5 Å². The smallest absolute Gasteiger partial charge is 0.321 e. The van der Waals surface area contributed by atoms with E-state index in [0.29, 0.717) is 36.6 Å². The highest BCUT2D eigenvalue weighted by Gasteiger charge is 2.27. The third-order valence-corrected chi connectivity index (χ3v) is 5.85. The molecule has 1 unspecified atom stereocenters. The summed E-state index contributed by atoms with van der Waals surface area (Å²) in [5.74, 6) is 0.838. The summed E-state index contributed by atoms with van der Waals surface area (Å²) in [5.41, 5.74) is 4.11. The number of carbonyl (C=O) groups is 3. The van der Waals surface area contributed by atoms with E-state index < -0.39 is 0 Å². The minimum atomic E-state index is -0.232. The second-order valence-corrected chi connectivity index (χ2v) is 8.24. The molecule has 0 saturated heterocycles. The lowest BCUT2D eigenvalue weighted by Crippen LogP contribution is -2.40. The van der Waals surface area contributed by atoms with Crippen LogP contribution in [0.2, 0.25) is 0 Å². The molecule has 0 aromatic heterocycles. The number of hydrogen-bond donors (Lipinski definition) is 3. The van der Waals surface area contributed by atoms with Crippen LogP contribution in [0.15, 0.2) is 42.6 Å². The van der Waals surface area contributed by atoms with Gasteiger partial charge in [0.2, 0.25) is 5.91 Å². The Balaban J connectivity index is 1.98. The molecule has 4 amide bonds. The van der Waals surface area contributed by atoms with Crippen LogP contribution in [-0.2, 0) is 11.2 Å². The van der Waals surface area contributed by atoms with E-state index in [1.165, 1.54) is 6.92 Å². The monoisotopic (exact) mass is 480 g/mol. The Morgan fingerprint density at radius 2 is 1.63 bits per heavy atom. The van der Waals surface area contributed by atoms with Crippen LogP contribution in [0.3, 0.4) is 0 Å². The molecule has 35 heavy (non-hydrogen) atoms. The molecule has 0 radical (unpaired) electrons. The van der Waals surface area contributed by atoms with Crippen molar-refractivity contribution in [2.24, 2.45) is 0 Å². The van der Waals surface area contributed by atoms with Gasteiger partial charge in [0.25, 0.3) is 5.91 Å². The van der Waals surface area contributed by atoms with E-state index in [1.54, 1.807) is 38.3 Å². The third kappa shape index (κ3) is 5.92. The number of nitrogens with zero attached hydrogens (tertiary/aromatic N) is 1. The molecular weight excluding hydrogens is 448 g/mol. The maximum atomic E-state index is 12.7. The van der Waals surface area contributed by atoms with Crippen molar-refractivity contribution in [2.75, 3.05) is 34.4 Å². The largest absolute Gasteiger partial charge is 0.493 e. The Labute approximate surface area is 205 Å². The lowest BCUT2D eigenvalue weighted by molar-refractivity contribution is -0.118. The molecule has 1 aliphatic heterocycles. The number of methoxy groups -OCH3 is 2. The molecule has 9 nitrogen and oxygen atoms in total. The number of rotatable bonds is 7. The van der Waals surface area contributed by atoms with Crippen LogP contribution in [0.25, 0.3) is 5.57 Å². The van der Waals surface area contributed by atoms with Gasteiger partial charge in [-0.3, -0.25) is 14.5 Å². The highest BCUT2D eigenvalue weighted by molar-refractivity contribution is 5.95. The van der Waals surface area contributed by atoms with Crippen molar-refractivity contribution in [3.05, 3.63) is 64.9 Å². The first kappa shape index (κ1) is 25.6. The Bertz CT molecular complexity index is 1130. The average Bonchev–Trinajstić information content (AvgIpc) is 3.00. The van der Waals surface area contributed by atoms with Crippen molar-refractivity contribution in [3.8, 4) is 11.5 Å². The maximum Gasteiger partial charge on any atom is 0.321 e. The van der Waals surface area contributed by atoms with Gasteiger partial charge in [-0.1, -0.05) is 12.1 Å². The quantitative estimate of drug-likeness (QED) is 0.528. The number of ether oxygens (including phenoxy) is 2. The summed E-state index contributed by atoms with van der Waals surface area (Å²) in [5, 5.41) is 8.13. The number of fused-ring (bicyclic) bond motifs is 1. The molecule has 0 bridgehead atoms. The lowest BCUT2D eigenvalue weighted by atomic mass is 9.92. The molecule has 2 aromatic rings. The standard InChI is InChI=1S/C26H32N4O5/c1-16-12-20-13-23(34-4)24(35-5)14-21(20)22(15-30(16)26(33)27-3)18-6-8-19(9-7-18)25(32)29-11-10-28-17(2)31/h6-9,13-16H,10-12H2,1-5H3,(H,27,33)(H,28,31)(H,29,32). The first-order valence-corrected chi connectivity index (χ1v) is 11.4. The summed E-state index contributed by atoms with van der Waals surface area (Å²) >= 11 is 0. The number of hydrogen-bond acceptors (Lipinski definition) is 5. The van der Waals surface area contributed by atoms with Gasteiger partial charge in [-0.05, 0) is 54.3 Å². The molecule has 0 aliphatic carbocycles. The van der Waals surface area contributed by atoms with Crippen LogP contribution in [0.4, 0.5) is 4.79 Å². The highest BCUT2D eigenvalue weighted by Crippen LogP contribution is 2.39. The first-order chi connectivity index (χ1) is 16.8. The fourth-order valence-electron chi connectivity index (χ4n) is 4.03. The molecule has 186 valence electrons. The fourth-order valence-corrected chi connectivity index (χ4v) is 4.03. The van der Waals surface area contributed by atoms with Gasteiger partial charge >= 0.3 is 6.03 Å². The summed E-state index contributed by atoms with van der Waals surface area (Å²) in [4.78, 5) is 37.8. The van der Waals surface area contributed by atoms with Crippen molar-refractivity contribution in [1.82, 2.24) is 20.9 Å². The van der Waals surface area contributed by atoms with E-state index in [1.807, 2.05) is 37.4 Å². The van der Waals surface area contributed by atoms with Crippen molar-refractivity contribution in [2.45, 2.75) is 26.3 Å². The van der Waals surface area contributed by atoms with Gasteiger partial charge in [0.1, 0.15) is 0 Å². The Morgan fingerprint density at radius 3 is 2.23 bits per heavy atom. The Morgan fingerprint density at radius 1 is 1.00 bits per heavy atom. The molecule has 1 aliphatic rings. The maximum absolute atomic E-state index is 12.7. The van der Waals surface area contributed by atoms with E-state index in [-0.39, 0.29) is 23.9 Å². The predicted molar refractivity (Wildman–Crippen MR) is 134 cm³/mol. The summed E-state index contributed by atoms with van der Waals surface area (Å²) in [6, 6.07) is 10.7. The van der Waals surface area contributed by atoms with Gasteiger partial charge in [0.05, 0.1) is 14.2 Å². The van der Waals surface area contributed by atoms with Crippen molar-refractivity contribution in [3.63, 3.8) is 0 Å². The molecule has 3 N–H and O–H groups in total. The number of benzene rings is 2. The average molecular weight is 481 g/mol. The normalized spacial score (nSPS) is 14.7. The van der Waals surface area contributed by atoms with Crippen LogP contribution in [0, 0.1) is 0 Å². The van der Waals surface area contributed by atoms with Crippen molar-refractivity contribution >= 4 is 23.4 Å². The molecule has 2 aromatic carbocycles. The molecule has 0 spiro atoms. The SMILES string of the molecule is CNC(=O)N1C=C(c2ccc(C(=O)NCCNC(C)=O)cc2)c2cc(OC)c(OC)cc2CC1C. The molecular formula is C26H32N4O5. The van der Waals surface area contributed by atoms with Crippen LogP contribution in [-0.4, -0.2) is 63.1 Å². The molecule has 0 saturated carbocycles. The van der Waals surface area contributed by atoms with Gasteiger partial charge in [-0.2, -0.15) is 0 Å². The highest BCUT2D eigenvalue weighted by atomic mass is 16.5. The number of amides is 4. The summed E-state index contributed by atoms with van der Waals surface area (Å²) in [7, 11) is 4.78. The van der Waals surface area contributed by atoms with E-state index in [0.717, 1.165) is 22.3 Å². The van der Waals surface area contributed by atoms with E-state index in [2.05, 4.69) is 16.0 Å². The number of urea groups is 1. The van der Waals surface area contributed by atoms with Crippen molar-refractivity contribution in [1.29, 1.82) is 0 Å². The zero-order valence-electron chi connectivity index (χ0n) is 20.7. The zero-order chi connectivity index (χ0) is 25.5. The topological polar surface area (TPSA) is 109 Å². The predicted octanol–water partition coefficient (Wildman–Crippen LogP) is 2.54. The summed E-state index contributed by atoms with van der Waals surface area (Å²) < 4.78 is 11.0. The number of nitrogens with one attached hydrogen (secondary N) is 3. The van der Waals surface area contributed by atoms with Gasteiger partial charge < -0.3 is 25.4 Å². The molecule has 3 rings (SSSR count). The Hall–Kier alpha value is -4.01. The van der Waals surface area contributed by atoms with Gasteiger partial charge in [-0.15, -0.1) is 0 Å². The van der Waals surface area contributed by atoms with Gasteiger partial charge in [-0.25, -0.2) is 4.79 Å². The van der Waals surface area contributed by atoms with Crippen LogP contribution < -0.4 is 25.4 Å². The fraction of sp³-hybridized carbons (Fsp3) is 0.346. The Kier molecular flexibility index (Phi) is 8.35. The third-order valence-electron chi connectivity index (χ3n) is 5.85. The molecule has 0 fully saturated rings. The lowest BCUT2D eigenvalue weighted by Gasteiger charge is -2.24. The zero-order valence-corrected chi connectivity index (χ0v) is 20.7. The van der Waals surface area contributed by atoms with E-state index in [9.17, 15) is 14.4 Å². The second kappa shape index (κ2) is 11.4. The molecule has 1 atom stereocenters. The van der Waals surface area contributed by atoms with Crippen LogP contribution >= 0.6 is 0 Å². The number of carbonyl (C=O) groups excluding carboxylic acids is 3. The first-order valence-electron chi connectivity index (χ1n) is 11.4. The minimum Gasteiger partial charge on any atom is -0.493 e. The van der Waals surface area contributed by atoms with Crippen LogP contribution in [0.5, 0.6) is 11.5 Å². The van der Waals surface area contributed by atoms with E-state index in [4.69, 9.17) is 9.47 Å². The molecule has 1 heterocycles. The van der Waals surface area contributed by atoms with E-state index >= 15 is 0 Å². The van der Waals surface area contributed by atoms with Crippen molar-refractivity contribution < 1.29 is 23.9 Å². The summed E-state index contributed by atoms with van der Waals surface area (Å²) in [6.07, 6.45) is 2.46. The summed E-state index contributed by atoms with van der Waals surface area (Å²) in [6.45, 7) is 4.11. The second-order valence-electron chi connectivity index (χ2n) is 8.24. The minimum absolute atomic E-state index is 0.0991. The molecule has 9 heteroatoms. The van der Waals surface area contributed by atoms with Gasteiger partial charge in [0, 0.05) is 50.4 Å².